The van der Waals surface area contributed by atoms with Crippen molar-refractivity contribution in [3.63, 3.8) is 0 Å². The van der Waals surface area contributed by atoms with E-state index in [0.717, 1.165) is 5.56 Å². The summed E-state index contributed by atoms with van der Waals surface area (Å²) in [6, 6.07) is 4.91. The normalized spacial score (nSPS) is 12.1. The highest BCUT2D eigenvalue weighted by atomic mass is 16.6. The second-order valence-corrected chi connectivity index (χ2v) is 3.12. The number of nitro benzene ring substituents is 1. The molecular formula is C11H13NO3. The standard InChI is InChI=1S/C11H13NO3/c1-4-9-10(8(2)15-3)6-5-7-11(9)12(13)14/h4-8H,1H2,2-3H3/t8-/m1/s1. The molecule has 80 valence electrons. The van der Waals surface area contributed by atoms with E-state index >= 15 is 0 Å². The smallest absolute Gasteiger partial charge is 0.276 e. The van der Waals surface area contributed by atoms with Crippen molar-refractivity contribution in [1.82, 2.24) is 0 Å². The molecule has 0 N–H and O–H groups in total. The molecule has 0 amide bonds. The van der Waals surface area contributed by atoms with Crippen molar-refractivity contribution in [3.8, 4) is 0 Å². The van der Waals surface area contributed by atoms with Gasteiger partial charge in [-0.2, -0.15) is 0 Å². The second kappa shape index (κ2) is 4.70. The summed E-state index contributed by atoms with van der Waals surface area (Å²) >= 11 is 0. The van der Waals surface area contributed by atoms with Crippen LogP contribution >= 0.6 is 0 Å². The molecule has 15 heavy (non-hydrogen) atoms. The van der Waals surface area contributed by atoms with E-state index < -0.39 is 4.92 Å². The molecule has 0 saturated carbocycles. The van der Waals surface area contributed by atoms with E-state index in [4.69, 9.17) is 4.74 Å². The first-order valence-corrected chi connectivity index (χ1v) is 4.54. The molecule has 0 aliphatic carbocycles. The van der Waals surface area contributed by atoms with Crippen LogP contribution in [0.25, 0.3) is 6.08 Å². The minimum atomic E-state index is -0.414. The highest BCUT2D eigenvalue weighted by molar-refractivity contribution is 5.63. The zero-order valence-electron chi connectivity index (χ0n) is 8.77. The van der Waals surface area contributed by atoms with Crippen molar-refractivity contribution >= 4 is 11.8 Å². The number of methoxy groups -OCH3 is 1. The Hall–Kier alpha value is -1.68. The molecule has 0 unspecified atom stereocenters. The van der Waals surface area contributed by atoms with Crippen LogP contribution in [0.3, 0.4) is 0 Å². The van der Waals surface area contributed by atoms with Gasteiger partial charge in [0.15, 0.2) is 0 Å². The molecule has 4 nitrogen and oxygen atoms in total. The van der Waals surface area contributed by atoms with Crippen LogP contribution in [0.2, 0.25) is 0 Å². The Bertz CT molecular complexity index is 387. The van der Waals surface area contributed by atoms with E-state index in [1.807, 2.05) is 6.92 Å². The summed E-state index contributed by atoms with van der Waals surface area (Å²) in [5.74, 6) is 0. The lowest BCUT2D eigenvalue weighted by atomic mass is 10.0. The van der Waals surface area contributed by atoms with Crippen molar-refractivity contribution in [2.75, 3.05) is 7.11 Å². The first-order chi connectivity index (χ1) is 7.11. The third-order valence-electron chi connectivity index (χ3n) is 2.31. The van der Waals surface area contributed by atoms with Gasteiger partial charge in [0.1, 0.15) is 0 Å². The number of nitrogens with zero attached hydrogens (tertiary/aromatic N) is 1. The van der Waals surface area contributed by atoms with Gasteiger partial charge in [0.2, 0.25) is 0 Å². The van der Waals surface area contributed by atoms with Gasteiger partial charge >= 0.3 is 0 Å². The fraction of sp³-hybridized carbons (Fsp3) is 0.273. The van der Waals surface area contributed by atoms with Gasteiger partial charge in [0.05, 0.1) is 16.6 Å². The van der Waals surface area contributed by atoms with E-state index in [1.54, 1.807) is 19.2 Å². The number of hydrogen-bond acceptors (Lipinski definition) is 3. The van der Waals surface area contributed by atoms with Crippen LogP contribution in [0.5, 0.6) is 0 Å². The van der Waals surface area contributed by atoms with E-state index in [9.17, 15) is 10.1 Å². The van der Waals surface area contributed by atoms with E-state index in [0.29, 0.717) is 5.56 Å². The highest BCUT2D eigenvalue weighted by Gasteiger charge is 2.17. The van der Waals surface area contributed by atoms with Gasteiger partial charge in [-0.1, -0.05) is 24.8 Å². The van der Waals surface area contributed by atoms with Crippen molar-refractivity contribution in [2.45, 2.75) is 13.0 Å². The Morgan fingerprint density at radius 1 is 1.60 bits per heavy atom. The van der Waals surface area contributed by atoms with Gasteiger partial charge in [0.25, 0.3) is 5.69 Å². The maximum atomic E-state index is 10.8. The van der Waals surface area contributed by atoms with Gasteiger partial charge in [-0.25, -0.2) is 0 Å². The van der Waals surface area contributed by atoms with Crippen LogP contribution in [-0.2, 0) is 4.74 Å². The summed E-state index contributed by atoms with van der Waals surface area (Å²) < 4.78 is 5.14. The summed E-state index contributed by atoms with van der Waals surface area (Å²) in [4.78, 5) is 10.3. The Morgan fingerprint density at radius 3 is 2.73 bits per heavy atom. The molecule has 1 atom stereocenters. The minimum absolute atomic E-state index is 0.0615. The van der Waals surface area contributed by atoms with Crippen molar-refractivity contribution in [3.05, 3.63) is 46.0 Å². The highest BCUT2D eigenvalue weighted by Crippen LogP contribution is 2.28. The summed E-state index contributed by atoms with van der Waals surface area (Å²) in [7, 11) is 1.57. The van der Waals surface area contributed by atoms with Gasteiger partial charge < -0.3 is 4.74 Å². The average molecular weight is 207 g/mol. The lowest BCUT2D eigenvalue weighted by Gasteiger charge is -2.12. The third-order valence-corrected chi connectivity index (χ3v) is 2.31. The molecule has 0 bridgehead atoms. The number of rotatable bonds is 4. The maximum absolute atomic E-state index is 10.8. The maximum Gasteiger partial charge on any atom is 0.276 e. The molecule has 0 saturated heterocycles. The molecule has 1 aromatic carbocycles. The molecule has 0 radical (unpaired) electrons. The quantitative estimate of drug-likeness (QED) is 0.563. The van der Waals surface area contributed by atoms with Crippen molar-refractivity contribution < 1.29 is 9.66 Å². The SMILES string of the molecule is C=Cc1c([C@@H](C)OC)cccc1[N+](=O)[O-]. The second-order valence-electron chi connectivity index (χ2n) is 3.12. The number of hydrogen-bond donors (Lipinski definition) is 0. The van der Waals surface area contributed by atoms with E-state index in [2.05, 4.69) is 6.58 Å². The monoisotopic (exact) mass is 207 g/mol. The fourth-order valence-electron chi connectivity index (χ4n) is 1.43. The first-order valence-electron chi connectivity index (χ1n) is 4.54. The molecule has 0 aliphatic heterocycles. The Morgan fingerprint density at radius 2 is 2.27 bits per heavy atom. The molecule has 0 spiro atoms. The summed E-state index contributed by atoms with van der Waals surface area (Å²) in [5.41, 5.74) is 1.37. The molecular weight excluding hydrogens is 194 g/mol. The number of ether oxygens (including phenoxy) is 1. The van der Waals surface area contributed by atoms with Gasteiger partial charge in [-0.3, -0.25) is 10.1 Å². The zero-order chi connectivity index (χ0) is 11.4. The predicted molar refractivity (Wildman–Crippen MR) is 58.6 cm³/mol. The van der Waals surface area contributed by atoms with Gasteiger partial charge in [-0.15, -0.1) is 0 Å². The Balaban J connectivity index is 3.34. The molecule has 0 aliphatic rings. The van der Waals surface area contributed by atoms with Crippen LogP contribution < -0.4 is 0 Å². The predicted octanol–water partition coefficient (Wildman–Crippen LogP) is 2.95. The minimum Gasteiger partial charge on any atom is -0.377 e. The molecule has 0 heterocycles. The lowest BCUT2D eigenvalue weighted by molar-refractivity contribution is -0.385. The average Bonchev–Trinajstić information content (AvgIpc) is 2.26. The lowest BCUT2D eigenvalue weighted by Crippen LogP contribution is -2.01. The molecule has 4 heteroatoms. The van der Waals surface area contributed by atoms with Crippen molar-refractivity contribution in [2.24, 2.45) is 0 Å². The topological polar surface area (TPSA) is 52.4 Å². The van der Waals surface area contributed by atoms with Crippen LogP contribution in [0, 0.1) is 10.1 Å². The molecule has 1 aromatic rings. The van der Waals surface area contributed by atoms with Crippen LogP contribution in [0.15, 0.2) is 24.8 Å². The zero-order valence-corrected chi connectivity index (χ0v) is 8.77. The largest absolute Gasteiger partial charge is 0.377 e. The summed E-state index contributed by atoms with van der Waals surface area (Å²) in [6.45, 7) is 5.43. The molecule has 0 aromatic heterocycles. The number of nitro groups is 1. The van der Waals surface area contributed by atoms with Gasteiger partial charge in [-0.05, 0) is 12.5 Å². The van der Waals surface area contributed by atoms with Crippen LogP contribution in [-0.4, -0.2) is 12.0 Å². The number of benzene rings is 1. The Kier molecular flexibility index (Phi) is 3.57. The summed E-state index contributed by atoms with van der Waals surface area (Å²) in [6.07, 6.45) is 1.31. The van der Waals surface area contributed by atoms with Crippen LogP contribution in [0.4, 0.5) is 5.69 Å². The summed E-state index contributed by atoms with van der Waals surface area (Å²) in [5, 5.41) is 10.8. The van der Waals surface area contributed by atoms with Crippen molar-refractivity contribution in [1.29, 1.82) is 0 Å². The molecule has 0 fully saturated rings. The first kappa shape index (κ1) is 11.4. The third kappa shape index (κ3) is 2.22. The van der Waals surface area contributed by atoms with E-state index in [1.165, 1.54) is 12.1 Å². The Labute approximate surface area is 88.3 Å². The van der Waals surface area contributed by atoms with Gasteiger partial charge in [0, 0.05) is 13.2 Å². The van der Waals surface area contributed by atoms with E-state index in [-0.39, 0.29) is 11.8 Å². The fourth-order valence-corrected chi connectivity index (χ4v) is 1.43. The van der Waals surface area contributed by atoms with Crippen LogP contribution in [0.1, 0.15) is 24.2 Å². The molecule has 1 rings (SSSR count).